The molecule has 3 amide bonds. The first-order valence-corrected chi connectivity index (χ1v) is 12.3. The molecular weight excluding hydrogens is 468 g/mol. The molecule has 0 unspecified atom stereocenters. The van der Waals surface area contributed by atoms with Crippen molar-refractivity contribution in [3.8, 4) is 5.75 Å². The van der Waals surface area contributed by atoms with Gasteiger partial charge in [-0.2, -0.15) is 0 Å². The van der Waals surface area contributed by atoms with Gasteiger partial charge in [-0.3, -0.25) is 4.79 Å². The summed E-state index contributed by atoms with van der Waals surface area (Å²) in [6.07, 6.45) is 0. The molecule has 7 nitrogen and oxygen atoms in total. The van der Waals surface area contributed by atoms with E-state index in [2.05, 4.69) is 20.9 Å². The minimum Gasteiger partial charge on any atom is -0.497 e. The summed E-state index contributed by atoms with van der Waals surface area (Å²) in [5.41, 5.74) is 5.24. The van der Waals surface area contributed by atoms with E-state index in [4.69, 9.17) is 4.74 Å². The van der Waals surface area contributed by atoms with Crippen molar-refractivity contribution in [3.63, 3.8) is 0 Å². The Morgan fingerprint density at radius 1 is 0.882 bits per heavy atom. The van der Waals surface area contributed by atoms with Crippen LogP contribution in [-0.2, 0) is 4.79 Å². The summed E-state index contributed by atoms with van der Waals surface area (Å²) in [6, 6.07) is 18.2. The summed E-state index contributed by atoms with van der Waals surface area (Å²) < 4.78 is 6.84. The second-order valence-corrected chi connectivity index (χ2v) is 9.86. The number of anilines is 3. The van der Waals surface area contributed by atoms with Crippen molar-refractivity contribution in [2.75, 3.05) is 28.8 Å². The van der Waals surface area contributed by atoms with Crippen LogP contribution in [0.5, 0.6) is 5.75 Å². The van der Waals surface area contributed by atoms with Gasteiger partial charge in [0.25, 0.3) is 0 Å². The fraction of sp³-hybridized carbons (Fsp3) is 0.160. The zero-order chi connectivity index (χ0) is 24.1. The molecule has 0 saturated carbocycles. The van der Waals surface area contributed by atoms with Crippen LogP contribution in [0.1, 0.15) is 11.1 Å². The van der Waals surface area contributed by atoms with Crippen LogP contribution >= 0.6 is 23.1 Å². The Hall–Kier alpha value is -3.56. The highest BCUT2D eigenvalue weighted by atomic mass is 32.2. The maximum absolute atomic E-state index is 12.4. The van der Waals surface area contributed by atoms with Gasteiger partial charge in [0.05, 0.1) is 23.1 Å². The molecule has 0 fully saturated rings. The molecule has 9 heteroatoms. The average molecular weight is 493 g/mol. The molecule has 0 aliphatic rings. The smallest absolute Gasteiger partial charge is 0.323 e. The zero-order valence-corrected chi connectivity index (χ0v) is 20.6. The summed E-state index contributed by atoms with van der Waals surface area (Å²) in [7, 11) is 1.60. The minimum absolute atomic E-state index is 0.111. The Kier molecular flexibility index (Phi) is 7.34. The first-order chi connectivity index (χ1) is 16.4. The van der Waals surface area contributed by atoms with E-state index in [-0.39, 0.29) is 17.7 Å². The number of ether oxygens (including phenoxy) is 1. The molecule has 4 aromatic rings. The molecule has 3 N–H and O–H groups in total. The number of amides is 3. The minimum atomic E-state index is -0.308. The number of rotatable bonds is 7. The number of aryl methyl sites for hydroxylation is 2. The number of benzene rings is 3. The van der Waals surface area contributed by atoms with Crippen LogP contribution in [0.15, 0.2) is 65.0 Å². The van der Waals surface area contributed by atoms with Crippen LogP contribution in [0.4, 0.5) is 21.9 Å². The molecule has 0 spiro atoms. The molecule has 0 bridgehead atoms. The molecule has 4 rings (SSSR count). The molecule has 0 aliphatic heterocycles. The molecule has 174 valence electrons. The molecule has 0 aliphatic carbocycles. The lowest BCUT2D eigenvalue weighted by Crippen LogP contribution is -2.19. The normalized spacial score (nSPS) is 10.7. The van der Waals surface area contributed by atoms with Gasteiger partial charge >= 0.3 is 6.03 Å². The third-order valence-corrected chi connectivity index (χ3v) is 7.25. The number of thioether (sulfide) groups is 1. The number of fused-ring (bicyclic) bond motifs is 1. The van der Waals surface area contributed by atoms with Crippen molar-refractivity contribution in [2.24, 2.45) is 0 Å². The Morgan fingerprint density at radius 2 is 1.56 bits per heavy atom. The van der Waals surface area contributed by atoms with E-state index in [1.54, 1.807) is 31.4 Å². The largest absolute Gasteiger partial charge is 0.497 e. The van der Waals surface area contributed by atoms with Crippen molar-refractivity contribution in [1.29, 1.82) is 0 Å². The van der Waals surface area contributed by atoms with E-state index >= 15 is 0 Å². The third-order valence-electron chi connectivity index (χ3n) is 5.09. The molecule has 1 heterocycles. The van der Waals surface area contributed by atoms with E-state index in [9.17, 15) is 9.59 Å². The van der Waals surface area contributed by atoms with Crippen LogP contribution < -0.4 is 20.7 Å². The van der Waals surface area contributed by atoms with Crippen LogP contribution in [-0.4, -0.2) is 29.8 Å². The maximum Gasteiger partial charge on any atom is 0.323 e. The summed E-state index contributed by atoms with van der Waals surface area (Å²) in [6.45, 7) is 4.04. The average Bonchev–Trinajstić information content (AvgIpc) is 3.23. The Labute approximate surface area is 205 Å². The highest BCUT2D eigenvalue weighted by Gasteiger charge is 2.10. The Balaban J connectivity index is 1.33. The van der Waals surface area contributed by atoms with E-state index in [0.29, 0.717) is 11.4 Å². The zero-order valence-electron chi connectivity index (χ0n) is 19.0. The molecule has 0 radical (unpaired) electrons. The van der Waals surface area contributed by atoms with Gasteiger partial charge in [-0.15, -0.1) is 11.3 Å². The fourth-order valence-electron chi connectivity index (χ4n) is 3.15. The molecule has 0 saturated heterocycles. The van der Waals surface area contributed by atoms with Crippen molar-refractivity contribution in [1.82, 2.24) is 4.98 Å². The lowest BCUT2D eigenvalue weighted by molar-refractivity contribution is -0.113. The summed E-state index contributed by atoms with van der Waals surface area (Å²) >= 11 is 2.86. The van der Waals surface area contributed by atoms with Crippen molar-refractivity contribution >= 4 is 62.3 Å². The topological polar surface area (TPSA) is 92.3 Å². The Morgan fingerprint density at radius 3 is 2.26 bits per heavy atom. The van der Waals surface area contributed by atoms with Gasteiger partial charge in [0.2, 0.25) is 5.91 Å². The van der Waals surface area contributed by atoms with E-state index < -0.39 is 0 Å². The van der Waals surface area contributed by atoms with Gasteiger partial charge in [-0.1, -0.05) is 17.8 Å². The lowest BCUT2D eigenvalue weighted by Gasteiger charge is -2.09. The SMILES string of the molecule is COc1ccc(NC(=O)CSc2nc3ccc(NC(=O)Nc4ccc(C)c(C)c4)cc3s2)cc1. The highest BCUT2D eigenvalue weighted by Crippen LogP contribution is 2.31. The molecular formula is C25H24N4O3S2. The number of carbonyl (C=O) groups is 2. The number of methoxy groups -OCH3 is 1. The van der Waals surface area contributed by atoms with Crippen LogP contribution in [0.25, 0.3) is 10.2 Å². The van der Waals surface area contributed by atoms with Gasteiger partial charge in [-0.25, -0.2) is 9.78 Å². The highest BCUT2D eigenvalue weighted by molar-refractivity contribution is 8.01. The molecule has 34 heavy (non-hydrogen) atoms. The third kappa shape index (κ3) is 6.06. The number of nitrogens with zero attached hydrogens (tertiary/aromatic N) is 1. The van der Waals surface area contributed by atoms with Gasteiger partial charge < -0.3 is 20.7 Å². The predicted molar refractivity (Wildman–Crippen MR) is 141 cm³/mol. The van der Waals surface area contributed by atoms with Gasteiger partial charge in [0, 0.05) is 17.1 Å². The predicted octanol–water partition coefficient (Wildman–Crippen LogP) is 6.30. The molecule has 1 aromatic heterocycles. The van der Waals surface area contributed by atoms with Crippen LogP contribution in [0, 0.1) is 13.8 Å². The number of nitrogens with one attached hydrogen (secondary N) is 3. The molecule has 3 aromatic carbocycles. The summed E-state index contributed by atoms with van der Waals surface area (Å²) in [5, 5.41) is 8.57. The van der Waals surface area contributed by atoms with E-state index in [0.717, 1.165) is 31.6 Å². The quantitative estimate of drug-likeness (QED) is 0.263. The second kappa shape index (κ2) is 10.6. The van der Waals surface area contributed by atoms with Crippen molar-refractivity contribution in [2.45, 2.75) is 18.2 Å². The van der Waals surface area contributed by atoms with Gasteiger partial charge in [0.15, 0.2) is 4.34 Å². The first kappa shape index (κ1) is 23.6. The summed E-state index contributed by atoms with van der Waals surface area (Å²) in [4.78, 5) is 29.2. The van der Waals surface area contributed by atoms with Crippen LogP contribution in [0.2, 0.25) is 0 Å². The van der Waals surface area contributed by atoms with E-state index in [1.807, 2.05) is 50.2 Å². The van der Waals surface area contributed by atoms with Crippen molar-refractivity contribution < 1.29 is 14.3 Å². The number of urea groups is 1. The maximum atomic E-state index is 12.4. The number of hydrogen-bond acceptors (Lipinski definition) is 6. The first-order valence-electron chi connectivity index (χ1n) is 10.5. The molecule has 0 atom stereocenters. The number of carbonyl (C=O) groups excluding carboxylic acids is 2. The summed E-state index contributed by atoms with van der Waals surface area (Å²) in [5.74, 6) is 0.869. The number of thiazole rings is 1. The number of aromatic nitrogens is 1. The lowest BCUT2D eigenvalue weighted by atomic mass is 10.1. The second-order valence-electron chi connectivity index (χ2n) is 7.61. The van der Waals surface area contributed by atoms with Gasteiger partial charge in [-0.05, 0) is 79.6 Å². The monoisotopic (exact) mass is 492 g/mol. The van der Waals surface area contributed by atoms with E-state index in [1.165, 1.54) is 28.7 Å². The van der Waals surface area contributed by atoms with Crippen LogP contribution in [0.3, 0.4) is 0 Å². The standard InChI is InChI=1S/C25H24N4O3S2/c1-15-4-5-18(12-16(15)2)27-24(31)28-19-8-11-21-22(13-19)34-25(29-21)33-14-23(30)26-17-6-9-20(32-3)10-7-17/h4-13H,14H2,1-3H3,(H,26,30)(H2,27,28,31). The fourth-order valence-corrected chi connectivity index (χ4v) is 5.06. The van der Waals surface area contributed by atoms with Crippen molar-refractivity contribution in [3.05, 3.63) is 71.8 Å². The number of hydrogen-bond donors (Lipinski definition) is 3. The van der Waals surface area contributed by atoms with Gasteiger partial charge in [0.1, 0.15) is 5.75 Å². The Bertz CT molecular complexity index is 1340.